The van der Waals surface area contributed by atoms with E-state index in [2.05, 4.69) is 0 Å². The zero-order chi connectivity index (χ0) is 7.28. The first-order valence-electron chi connectivity index (χ1n) is 3.60. The monoisotopic (exact) mass is 76.1 g/mol. The molecule has 0 amide bonds. The number of rotatable bonds is 0. The second-order valence-electron chi connectivity index (χ2n) is 0.970. The van der Waals surface area contributed by atoms with Crippen molar-refractivity contribution < 1.29 is 10.6 Å². The van der Waals surface area contributed by atoms with Crippen molar-refractivity contribution >= 4 is 0 Å². The summed E-state index contributed by atoms with van der Waals surface area (Å²) >= 11 is 0. The van der Waals surface area contributed by atoms with Crippen molar-refractivity contribution in [2.24, 2.45) is 0 Å². The zero-order valence-electron chi connectivity index (χ0n) is 6.73. The molecule has 0 heterocycles. The van der Waals surface area contributed by atoms with Crippen molar-refractivity contribution in [1.29, 1.82) is 0 Å². The molecule has 0 spiro atoms. The summed E-state index contributed by atoms with van der Waals surface area (Å²) < 4.78 is 27.6. The standard InChI is InChI=1S/C4H8O/c5-4-2-1-3-4/h4-5H,1-3H2/i2D,3D2,4D. The van der Waals surface area contributed by atoms with Gasteiger partial charge in [-0.25, -0.2) is 0 Å². The summed E-state index contributed by atoms with van der Waals surface area (Å²) in [6.45, 7) is 0. The predicted octanol–water partition coefficient (Wildman–Crippen LogP) is 0.531. The van der Waals surface area contributed by atoms with Gasteiger partial charge in [0, 0.05) is 4.11 Å². The molecular weight excluding hydrogens is 64.0 g/mol. The fourth-order valence-electron chi connectivity index (χ4n) is 0.193. The average molecular weight is 76.1 g/mol. The molecule has 0 bridgehead atoms. The summed E-state index contributed by atoms with van der Waals surface area (Å²) in [6.07, 6.45) is -5.06. The normalized spacial score (nSPS) is 87.8. The molecular formula is C4H8O. The van der Waals surface area contributed by atoms with E-state index in [1.807, 2.05) is 0 Å². The Balaban J connectivity index is 2.70. The molecule has 0 radical (unpaired) electrons. The number of hydrogen-bond acceptors (Lipinski definition) is 1. The maximum absolute atomic E-state index is 8.81. The highest BCUT2D eigenvalue weighted by atomic mass is 16.3. The quantitative estimate of drug-likeness (QED) is 0.446. The maximum atomic E-state index is 8.81. The van der Waals surface area contributed by atoms with Crippen LogP contribution in [0.4, 0.5) is 0 Å². The fourth-order valence-corrected chi connectivity index (χ4v) is 0.193. The lowest BCUT2D eigenvalue weighted by Crippen LogP contribution is -2.15. The van der Waals surface area contributed by atoms with Gasteiger partial charge in [-0.2, -0.15) is 0 Å². The summed E-state index contributed by atoms with van der Waals surface area (Å²) in [5, 5.41) is 8.81. The van der Waals surface area contributed by atoms with Crippen LogP contribution in [-0.2, 0) is 0 Å². The van der Waals surface area contributed by atoms with Gasteiger partial charge in [0.05, 0.1) is 7.45 Å². The average Bonchev–Trinajstić information content (AvgIpc) is 1.65. The van der Waals surface area contributed by atoms with Crippen molar-refractivity contribution in [2.75, 3.05) is 0 Å². The molecule has 2 atom stereocenters. The third-order valence-corrected chi connectivity index (χ3v) is 0.579. The van der Waals surface area contributed by atoms with E-state index in [9.17, 15) is 0 Å². The highest BCUT2D eigenvalue weighted by Gasteiger charge is 2.11. The van der Waals surface area contributed by atoms with E-state index >= 15 is 0 Å². The summed E-state index contributed by atoms with van der Waals surface area (Å²) in [5.74, 6) is 0. The Kier molecular flexibility index (Phi) is 0.189. The predicted molar refractivity (Wildman–Crippen MR) is 19.9 cm³/mol. The molecule has 2 unspecified atom stereocenters. The van der Waals surface area contributed by atoms with Gasteiger partial charge in [0.2, 0.25) is 0 Å². The van der Waals surface area contributed by atoms with Crippen LogP contribution >= 0.6 is 0 Å². The molecule has 30 valence electrons. The van der Waals surface area contributed by atoms with Gasteiger partial charge in [0.1, 0.15) is 0 Å². The van der Waals surface area contributed by atoms with Crippen molar-refractivity contribution in [3.8, 4) is 0 Å². The topological polar surface area (TPSA) is 20.2 Å². The molecule has 1 aliphatic rings. The van der Waals surface area contributed by atoms with Gasteiger partial charge in [0.25, 0.3) is 0 Å². The van der Waals surface area contributed by atoms with E-state index in [-0.39, 0.29) is 6.42 Å². The molecule has 0 aromatic heterocycles. The molecule has 1 rings (SSSR count). The molecule has 0 saturated heterocycles. The Morgan fingerprint density at radius 3 is 3.00 bits per heavy atom. The van der Waals surface area contributed by atoms with E-state index in [0.717, 1.165) is 0 Å². The van der Waals surface area contributed by atoms with Crippen molar-refractivity contribution in [1.82, 2.24) is 0 Å². The van der Waals surface area contributed by atoms with Crippen LogP contribution in [-0.4, -0.2) is 11.2 Å². The minimum absolute atomic E-state index is 0.0347. The van der Waals surface area contributed by atoms with Gasteiger partial charge in [0.15, 0.2) is 0 Å². The first-order valence-corrected chi connectivity index (χ1v) is 1.52. The summed E-state index contributed by atoms with van der Waals surface area (Å²) in [4.78, 5) is 0. The molecule has 0 aromatic carbocycles. The molecule has 1 fully saturated rings. The Hall–Kier alpha value is -0.0400. The second kappa shape index (κ2) is 0.977. The van der Waals surface area contributed by atoms with Crippen LogP contribution in [0.15, 0.2) is 0 Å². The third kappa shape index (κ3) is 0.428. The lowest BCUT2D eigenvalue weighted by Gasteiger charge is -2.17. The zero-order valence-corrected chi connectivity index (χ0v) is 2.73. The number of hydrogen-bond donors (Lipinski definition) is 1. The van der Waals surface area contributed by atoms with Crippen LogP contribution in [0.5, 0.6) is 0 Å². The summed E-state index contributed by atoms with van der Waals surface area (Å²) in [5.41, 5.74) is 0. The Labute approximate surface area is 37.2 Å². The van der Waals surface area contributed by atoms with Gasteiger partial charge in [-0.1, -0.05) is 0 Å². The highest BCUT2D eigenvalue weighted by molar-refractivity contribution is 4.65. The smallest absolute Gasteiger partial charge is 0.0600 e. The first-order chi connectivity index (χ1) is 3.88. The van der Waals surface area contributed by atoms with Crippen molar-refractivity contribution in [3.63, 3.8) is 0 Å². The molecule has 5 heavy (non-hydrogen) atoms. The van der Waals surface area contributed by atoms with E-state index < -0.39 is 18.8 Å². The van der Waals surface area contributed by atoms with Gasteiger partial charge in [-0.3, -0.25) is 0 Å². The van der Waals surface area contributed by atoms with Gasteiger partial charge >= 0.3 is 0 Å². The maximum Gasteiger partial charge on any atom is 0.0600 e. The third-order valence-electron chi connectivity index (χ3n) is 0.579. The molecule has 1 heteroatoms. The molecule has 0 aromatic rings. The minimum atomic E-state index is -2.17. The first kappa shape index (κ1) is 0.969. The van der Waals surface area contributed by atoms with E-state index in [1.165, 1.54) is 0 Å². The van der Waals surface area contributed by atoms with Gasteiger partial charge in [-0.05, 0) is 19.2 Å². The second-order valence-corrected chi connectivity index (χ2v) is 0.970. The van der Waals surface area contributed by atoms with Crippen LogP contribution in [0.3, 0.4) is 0 Å². The van der Waals surface area contributed by atoms with Gasteiger partial charge < -0.3 is 5.11 Å². The molecule has 0 aliphatic heterocycles. The largest absolute Gasteiger partial charge is 0.393 e. The molecule has 1 N–H and O–H groups in total. The Morgan fingerprint density at radius 1 is 2.20 bits per heavy atom. The molecule has 1 nitrogen and oxygen atoms in total. The lowest BCUT2D eigenvalue weighted by molar-refractivity contribution is 0.0950. The van der Waals surface area contributed by atoms with Crippen LogP contribution in [0, 0.1) is 0 Å². The Bertz CT molecular complexity index is 133. The van der Waals surface area contributed by atoms with Crippen molar-refractivity contribution in [3.05, 3.63) is 0 Å². The molecule has 1 saturated carbocycles. The van der Waals surface area contributed by atoms with E-state index in [4.69, 9.17) is 10.6 Å². The van der Waals surface area contributed by atoms with Crippen molar-refractivity contribution in [2.45, 2.75) is 25.3 Å². The number of aliphatic hydroxyl groups is 1. The van der Waals surface area contributed by atoms with Crippen LogP contribution in [0.2, 0.25) is 0 Å². The molecule has 1 aliphatic carbocycles. The Morgan fingerprint density at radius 2 is 3.00 bits per heavy atom. The SMILES string of the molecule is [2H]C1CC([2H])([2H])C1([2H])O. The summed E-state index contributed by atoms with van der Waals surface area (Å²) in [7, 11) is 0. The van der Waals surface area contributed by atoms with E-state index in [1.54, 1.807) is 0 Å². The lowest BCUT2D eigenvalue weighted by atomic mass is 9.97. The van der Waals surface area contributed by atoms with Gasteiger partial charge in [-0.15, -0.1) is 0 Å². The van der Waals surface area contributed by atoms with Crippen LogP contribution in [0.25, 0.3) is 0 Å². The van der Waals surface area contributed by atoms with E-state index in [0.29, 0.717) is 0 Å². The van der Waals surface area contributed by atoms with Crippen LogP contribution < -0.4 is 0 Å². The minimum Gasteiger partial charge on any atom is -0.393 e. The summed E-state index contributed by atoms with van der Waals surface area (Å²) in [6, 6.07) is 0. The highest BCUT2D eigenvalue weighted by Crippen LogP contribution is 2.16. The van der Waals surface area contributed by atoms with Crippen LogP contribution in [0.1, 0.15) is 24.7 Å². The fraction of sp³-hybridized carbons (Fsp3) is 1.00.